The molecule has 1 aromatic heterocycles. The molecule has 1 aliphatic rings. The van der Waals surface area contributed by atoms with Crippen molar-refractivity contribution in [3.63, 3.8) is 0 Å². The molecule has 1 aromatic rings. The zero-order chi connectivity index (χ0) is 8.39. The molecule has 0 radical (unpaired) electrons. The molecule has 0 aromatic carbocycles. The highest BCUT2D eigenvalue weighted by atomic mass is 15.3. The van der Waals surface area contributed by atoms with Gasteiger partial charge >= 0.3 is 0 Å². The quantitative estimate of drug-likeness (QED) is 0.634. The summed E-state index contributed by atoms with van der Waals surface area (Å²) in [4.78, 5) is 0. The van der Waals surface area contributed by atoms with E-state index in [1.54, 1.807) is 0 Å². The molecule has 0 saturated carbocycles. The Hall–Kier alpha value is -1.03. The summed E-state index contributed by atoms with van der Waals surface area (Å²) < 4.78 is 1.98. The van der Waals surface area contributed by atoms with Gasteiger partial charge in [-0.1, -0.05) is 0 Å². The van der Waals surface area contributed by atoms with Crippen LogP contribution >= 0.6 is 0 Å². The second-order valence-electron chi connectivity index (χ2n) is 3.20. The first-order valence-electron chi connectivity index (χ1n) is 4.37. The van der Waals surface area contributed by atoms with E-state index in [-0.39, 0.29) is 0 Å². The fourth-order valence-corrected chi connectivity index (χ4v) is 1.63. The van der Waals surface area contributed by atoms with Crippen molar-refractivity contribution in [1.82, 2.24) is 15.1 Å². The molecule has 0 aliphatic carbocycles. The summed E-state index contributed by atoms with van der Waals surface area (Å²) in [6, 6.07) is 2.39. The van der Waals surface area contributed by atoms with Crippen molar-refractivity contribution in [2.24, 2.45) is 0 Å². The standard InChI is InChI=1S/C8H14N4/c9-8-3-6-12(11-8)7-1-4-10-5-2-7/h3,6-7,10H,1-2,4-5H2,(H2,9,11). The van der Waals surface area contributed by atoms with E-state index in [1.807, 2.05) is 16.9 Å². The van der Waals surface area contributed by atoms with Gasteiger partial charge in [-0.05, 0) is 32.0 Å². The fourth-order valence-electron chi connectivity index (χ4n) is 1.63. The lowest BCUT2D eigenvalue weighted by molar-refractivity contribution is 0.344. The normalized spacial score (nSPS) is 19.7. The predicted molar refractivity (Wildman–Crippen MR) is 47.8 cm³/mol. The number of anilines is 1. The minimum atomic E-state index is 0.545. The average Bonchev–Trinajstić information content (AvgIpc) is 2.54. The Morgan fingerprint density at radius 2 is 2.25 bits per heavy atom. The number of nitrogens with zero attached hydrogens (tertiary/aromatic N) is 2. The number of aromatic nitrogens is 2. The van der Waals surface area contributed by atoms with Crippen LogP contribution in [0.3, 0.4) is 0 Å². The summed E-state index contributed by atoms with van der Waals surface area (Å²) in [6.45, 7) is 2.18. The molecule has 0 bridgehead atoms. The number of piperidine rings is 1. The molecule has 2 rings (SSSR count). The number of nitrogens with two attached hydrogens (primary N) is 1. The summed E-state index contributed by atoms with van der Waals surface area (Å²) in [5.41, 5.74) is 5.54. The van der Waals surface area contributed by atoms with Gasteiger partial charge in [-0.3, -0.25) is 4.68 Å². The Bertz CT molecular complexity index is 249. The van der Waals surface area contributed by atoms with Gasteiger partial charge in [0.2, 0.25) is 0 Å². The van der Waals surface area contributed by atoms with Crippen LogP contribution in [0.5, 0.6) is 0 Å². The van der Waals surface area contributed by atoms with Crippen LogP contribution in [0.1, 0.15) is 18.9 Å². The maximum atomic E-state index is 5.54. The first-order chi connectivity index (χ1) is 5.86. The van der Waals surface area contributed by atoms with Gasteiger partial charge in [0.1, 0.15) is 5.82 Å². The largest absolute Gasteiger partial charge is 0.382 e. The van der Waals surface area contributed by atoms with Gasteiger partial charge in [-0.15, -0.1) is 0 Å². The highest BCUT2D eigenvalue weighted by molar-refractivity contribution is 5.24. The number of hydrogen-bond acceptors (Lipinski definition) is 3. The third kappa shape index (κ3) is 1.43. The van der Waals surface area contributed by atoms with Crippen molar-refractivity contribution in [2.45, 2.75) is 18.9 Å². The highest BCUT2D eigenvalue weighted by Gasteiger charge is 2.14. The zero-order valence-corrected chi connectivity index (χ0v) is 7.03. The van der Waals surface area contributed by atoms with E-state index in [9.17, 15) is 0 Å². The van der Waals surface area contributed by atoms with Crippen molar-refractivity contribution >= 4 is 5.82 Å². The first-order valence-corrected chi connectivity index (χ1v) is 4.37. The second-order valence-corrected chi connectivity index (χ2v) is 3.20. The van der Waals surface area contributed by atoms with E-state index in [4.69, 9.17) is 5.73 Å². The minimum absolute atomic E-state index is 0.545. The summed E-state index contributed by atoms with van der Waals surface area (Å²) in [5.74, 6) is 0.619. The van der Waals surface area contributed by atoms with E-state index in [0.29, 0.717) is 11.9 Å². The highest BCUT2D eigenvalue weighted by Crippen LogP contribution is 2.17. The van der Waals surface area contributed by atoms with Gasteiger partial charge in [-0.25, -0.2) is 0 Å². The van der Waals surface area contributed by atoms with E-state index in [1.165, 1.54) is 0 Å². The van der Waals surface area contributed by atoms with Crippen molar-refractivity contribution in [3.8, 4) is 0 Å². The topological polar surface area (TPSA) is 55.9 Å². The fraction of sp³-hybridized carbons (Fsp3) is 0.625. The molecule has 4 heteroatoms. The third-order valence-corrected chi connectivity index (χ3v) is 2.31. The van der Waals surface area contributed by atoms with Crippen molar-refractivity contribution in [2.75, 3.05) is 18.8 Å². The summed E-state index contributed by atoms with van der Waals surface area (Å²) >= 11 is 0. The summed E-state index contributed by atoms with van der Waals surface area (Å²) in [5, 5.41) is 7.52. The smallest absolute Gasteiger partial charge is 0.145 e. The molecule has 66 valence electrons. The average molecular weight is 166 g/mol. The number of hydrogen-bond donors (Lipinski definition) is 2. The Balaban J connectivity index is 2.08. The van der Waals surface area contributed by atoms with Gasteiger partial charge in [0.15, 0.2) is 0 Å². The van der Waals surface area contributed by atoms with Crippen LogP contribution in [0.4, 0.5) is 5.82 Å². The molecular weight excluding hydrogens is 152 g/mol. The van der Waals surface area contributed by atoms with Crippen molar-refractivity contribution in [1.29, 1.82) is 0 Å². The monoisotopic (exact) mass is 166 g/mol. The molecule has 4 nitrogen and oxygen atoms in total. The minimum Gasteiger partial charge on any atom is -0.382 e. The van der Waals surface area contributed by atoms with Crippen LogP contribution in [0.15, 0.2) is 12.3 Å². The molecule has 3 N–H and O–H groups in total. The van der Waals surface area contributed by atoms with E-state index < -0.39 is 0 Å². The Morgan fingerprint density at radius 1 is 1.50 bits per heavy atom. The van der Waals surface area contributed by atoms with Crippen LogP contribution in [-0.2, 0) is 0 Å². The molecule has 0 amide bonds. The lowest BCUT2D eigenvalue weighted by Gasteiger charge is -2.22. The Kier molecular flexibility index (Phi) is 1.99. The molecule has 1 fully saturated rings. The molecule has 0 atom stereocenters. The second kappa shape index (κ2) is 3.15. The summed E-state index contributed by atoms with van der Waals surface area (Å²) in [7, 11) is 0. The maximum absolute atomic E-state index is 5.54. The van der Waals surface area contributed by atoms with E-state index in [0.717, 1.165) is 25.9 Å². The molecule has 0 unspecified atom stereocenters. The predicted octanol–water partition coefficient (Wildman–Crippen LogP) is 0.390. The molecule has 2 heterocycles. The molecule has 12 heavy (non-hydrogen) atoms. The number of rotatable bonds is 1. The molecular formula is C8H14N4. The molecule has 1 aliphatic heterocycles. The Morgan fingerprint density at radius 3 is 2.83 bits per heavy atom. The lowest BCUT2D eigenvalue weighted by Crippen LogP contribution is -2.29. The van der Waals surface area contributed by atoms with Gasteiger partial charge in [0.25, 0.3) is 0 Å². The van der Waals surface area contributed by atoms with Crippen LogP contribution in [0.25, 0.3) is 0 Å². The zero-order valence-electron chi connectivity index (χ0n) is 7.03. The number of nitrogen functional groups attached to an aromatic ring is 1. The third-order valence-electron chi connectivity index (χ3n) is 2.31. The van der Waals surface area contributed by atoms with Crippen molar-refractivity contribution < 1.29 is 0 Å². The molecule has 1 saturated heterocycles. The summed E-state index contributed by atoms with van der Waals surface area (Å²) in [6.07, 6.45) is 4.27. The van der Waals surface area contributed by atoms with Gasteiger partial charge < -0.3 is 11.1 Å². The lowest BCUT2D eigenvalue weighted by atomic mass is 10.1. The number of nitrogens with one attached hydrogen (secondary N) is 1. The van der Waals surface area contributed by atoms with Crippen LogP contribution in [0, 0.1) is 0 Å². The van der Waals surface area contributed by atoms with Crippen LogP contribution in [0.2, 0.25) is 0 Å². The van der Waals surface area contributed by atoms with Gasteiger partial charge in [0, 0.05) is 6.20 Å². The SMILES string of the molecule is Nc1ccn(C2CCNCC2)n1. The van der Waals surface area contributed by atoms with Gasteiger partial charge in [0.05, 0.1) is 6.04 Å². The molecule has 0 spiro atoms. The van der Waals surface area contributed by atoms with E-state index in [2.05, 4.69) is 10.4 Å². The van der Waals surface area contributed by atoms with Gasteiger partial charge in [-0.2, -0.15) is 5.10 Å². The maximum Gasteiger partial charge on any atom is 0.145 e. The van der Waals surface area contributed by atoms with Crippen LogP contribution < -0.4 is 11.1 Å². The Labute approximate surface area is 71.7 Å². The van der Waals surface area contributed by atoms with Crippen LogP contribution in [-0.4, -0.2) is 22.9 Å². The van der Waals surface area contributed by atoms with E-state index >= 15 is 0 Å². The first kappa shape index (κ1) is 7.61. The van der Waals surface area contributed by atoms with Crippen molar-refractivity contribution in [3.05, 3.63) is 12.3 Å².